The van der Waals surface area contributed by atoms with Crippen molar-refractivity contribution in [3.63, 3.8) is 0 Å². The molecule has 0 heterocycles. The van der Waals surface area contributed by atoms with Crippen molar-refractivity contribution in [3.05, 3.63) is 355 Å². The van der Waals surface area contributed by atoms with Crippen LogP contribution in [0.25, 0.3) is 0 Å². The van der Waals surface area contributed by atoms with E-state index >= 15 is 0 Å². The van der Waals surface area contributed by atoms with E-state index in [4.69, 9.17) is 4.74 Å². The van der Waals surface area contributed by atoms with Gasteiger partial charge in [-0.2, -0.15) is 0 Å². The normalized spacial score (nSPS) is 12.4. The van der Waals surface area contributed by atoms with Gasteiger partial charge in [0.1, 0.15) is 5.75 Å². The average molecular weight is 1350 g/mol. The van der Waals surface area contributed by atoms with E-state index in [0.717, 1.165) is 31.1 Å². The highest BCUT2D eigenvalue weighted by atomic mass is 32.2. The molecule has 13 rings (SSSR count). The molecule has 12 aromatic carbocycles. The van der Waals surface area contributed by atoms with Crippen molar-refractivity contribution >= 4 is 43.6 Å². The molecule has 0 aliphatic heterocycles. The van der Waals surface area contributed by atoms with Gasteiger partial charge in [0.25, 0.3) is 0 Å². The summed E-state index contributed by atoms with van der Waals surface area (Å²) in [7, 11) is -0.234. The third-order valence-electron chi connectivity index (χ3n) is 17.2. The van der Waals surface area contributed by atoms with Crippen molar-refractivity contribution in [2.75, 3.05) is 6.61 Å². The van der Waals surface area contributed by atoms with Crippen molar-refractivity contribution < 1.29 is 4.74 Å². The van der Waals surface area contributed by atoms with Crippen LogP contribution in [0.2, 0.25) is 0 Å². The lowest BCUT2D eigenvalue weighted by atomic mass is 9.84. The Bertz CT molecular complexity index is 3990. The first-order valence-electron chi connectivity index (χ1n) is 34.6. The van der Waals surface area contributed by atoms with E-state index in [1.165, 1.54) is 119 Å². The summed E-state index contributed by atoms with van der Waals surface area (Å²) in [5.41, 5.74) is 7.31. The van der Waals surface area contributed by atoms with Crippen LogP contribution in [0.3, 0.4) is 0 Å². The van der Waals surface area contributed by atoms with Crippen molar-refractivity contribution in [1.29, 1.82) is 0 Å². The Balaban J connectivity index is 0.000000141. The van der Waals surface area contributed by atoms with Gasteiger partial charge in [-0.15, -0.1) is 0 Å². The molecule has 0 saturated heterocycles. The number of rotatable bonds is 17. The van der Waals surface area contributed by atoms with Gasteiger partial charge in [0, 0.05) is 0 Å². The van der Waals surface area contributed by atoms with Gasteiger partial charge in [0.2, 0.25) is 0 Å². The number of hydrogen-bond acceptors (Lipinski definition) is 1. The molecule has 1 nitrogen and oxygen atoms in total. The zero-order valence-corrected chi connectivity index (χ0v) is 61.7. The molecule has 97 heavy (non-hydrogen) atoms. The summed E-state index contributed by atoms with van der Waals surface area (Å²) >= 11 is 0. The highest BCUT2D eigenvalue weighted by Gasteiger charge is 2.33. The summed E-state index contributed by atoms with van der Waals surface area (Å²) in [5.74, 6) is 1.73. The molecule has 0 radical (unpaired) electrons. The summed E-state index contributed by atoms with van der Waals surface area (Å²) < 4.78 is 5.80. The van der Waals surface area contributed by atoms with Gasteiger partial charge in [-0.3, -0.25) is 0 Å². The van der Waals surface area contributed by atoms with Gasteiger partial charge >= 0.3 is 0 Å². The first kappa shape index (κ1) is 71.6. The number of hydrogen-bond donors (Lipinski definition) is 0. The van der Waals surface area contributed by atoms with Gasteiger partial charge < -0.3 is 4.74 Å². The average Bonchev–Trinajstić information content (AvgIpc) is 0.846. The monoisotopic (exact) mass is 1350 g/mol. The van der Waals surface area contributed by atoms with Gasteiger partial charge in [0.15, 0.2) is 58.7 Å². The Labute approximate surface area is 594 Å². The minimum absolute atomic E-state index is 0.0278. The Kier molecular flexibility index (Phi) is 26.5. The standard InChI is InChI=1S/C26H31S.C24H25S.C22H23OS.C20H19S/c1-25(2,3)20-12-16-23(17-13-20)27(22-10-8-7-9-11-22)24-18-14-21(15-19-24)26(4,5)6;1-4-10-20(11-5-1)21-16-18-24(19-17-21)25(22-12-6-2-7-13-22)23-14-8-3-9-15-23;1-2-3-18-23-19-14-16-22(17-15-19)24(20-10-6-4-7-11-20)21-12-8-5-9-13-21;1-16-13-17(2)15-20(14-16)21(18-9-5-3-6-10-18)19-11-7-4-8-12-19/h7-19H,1-6H3;2-3,6-9,12-20H,1,4-5,10-11H2;4-17H,2-3,18H2,1H3;3-15H,1-2H3/q4*+1. The lowest BCUT2D eigenvalue weighted by molar-refractivity contribution is 0.309. The lowest BCUT2D eigenvalue weighted by Gasteiger charge is -2.22. The Hall–Kier alpha value is -8.16. The molecule has 0 N–H and O–H groups in total. The van der Waals surface area contributed by atoms with Crippen LogP contribution in [-0.4, -0.2) is 6.61 Å². The molecule has 1 saturated carbocycles. The van der Waals surface area contributed by atoms with Crippen LogP contribution in [-0.2, 0) is 54.4 Å². The first-order valence-corrected chi connectivity index (χ1v) is 39.5. The fraction of sp³-hybridized carbons (Fsp3) is 0.217. The highest BCUT2D eigenvalue weighted by Crippen LogP contribution is 2.39. The van der Waals surface area contributed by atoms with Crippen LogP contribution in [0.4, 0.5) is 0 Å². The second-order valence-corrected chi connectivity index (χ2v) is 35.0. The molecule has 0 aromatic heterocycles. The number of unbranched alkanes of at least 4 members (excludes halogenated alkanes) is 1. The summed E-state index contributed by atoms with van der Waals surface area (Å²) in [6.45, 7) is 20.9. The predicted molar refractivity (Wildman–Crippen MR) is 419 cm³/mol. The highest BCUT2D eigenvalue weighted by molar-refractivity contribution is 7.98. The van der Waals surface area contributed by atoms with E-state index in [1.54, 1.807) is 0 Å². The topological polar surface area (TPSA) is 9.23 Å². The fourth-order valence-corrected chi connectivity index (χ4v) is 20.6. The van der Waals surface area contributed by atoms with Crippen LogP contribution in [0, 0.1) is 13.8 Å². The molecule has 5 heteroatoms. The Morgan fingerprint density at radius 2 is 0.557 bits per heavy atom. The molecule has 492 valence electrons. The third kappa shape index (κ3) is 20.7. The van der Waals surface area contributed by atoms with Crippen LogP contribution in [0.15, 0.2) is 386 Å². The fourth-order valence-electron chi connectivity index (χ4n) is 12.1. The van der Waals surface area contributed by atoms with Crippen LogP contribution >= 0.6 is 0 Å². The van der Waals surface area contributed by atoms with Crippen LogP contribution in [0.1, 0.15) is 127 Å². The quantitative estimate of drug-likeness (QED) is 0.0652. The molecule has 12 aromatic rings. The zero-order valence-electron chi connectivity index (χ0n) is 58.5. The Morgan fingerprint density at radius 3 is 0.835 bits per heavy atom. The largest absolute Gasteiger partial charge is 0.494 e. The first-order chi connectivity index (χ1) is 47.2. The molecule has 0 unspecified atom stereocenters. The summed E-state index contributed by atoms with van der Waals surface area (Å²) in [5, 5.41) is 0. The summed E-state index contributed by atoms with van der Waals surface area (Å²) in [4.78, 5) is 16.4. The Morgan fingerprint density at radius 1 is 0.299 bits per heavy atom. The number of aryl methyl sites for hydroxylation is 2. The van der Waals surface area contributed by atoms with Crippen molar-refractivity contribution in [3.8, 4) is 5.75 Å². The molecular weight excluding hydrogens is 1250 g/mol. The zero-order chi connectivity index (χ0) is 67.8. The SMILES string of the molecule is CC(C)(C)c1ccc([S+](c2ccccc2)c2ccc(C(C)(C)C)cc2)cc1.CCCCOc1ccc([S+](c2ccccc2)c2ccccc2)cc1.Cc1cc(C)cc([S+](c2ccccc2)c2ccccc2)c1.c1ccc([S+](c2ccccc2)c2ccc(C3CCCCC3)cc2)cc1. The maximum absolute atomic E-state index is 5.80. The lowest BCUT2D eigenvalue weighted by Crippen LogP contribution is -2.12. The molecule has 0 spiro atoms. The van der Waals surface area contributed by atoms with Gasteiger partial charge in [-0.05, 0) is 235 Å². The van der Waals surface area contributed by atoms with Crippen LogP contribution < -0.4 is 4.74 Å². The smallest absolute Gasteiger partial charge is 0.167 e. The van der Waals surface area contributed by atoms with Crippen molar-refractivity contribution in [2.24, 2.45) is 0 Å². The van der Waals surface area contributed by atoms with Gasteiger partial charge in [-0.1, -0.05) is 244 Å². The van der Waals surface area contributed by atoms with E-state index in [9.17, 15) is 0 Å². The molecule has 1 fully saturated rings. The minimum atomic E-state index is -0.0858. The number of ether oxygens (including phenoxy) is 1. The molecule has 1 aliphatic carbocycles. The van der Waals surface area contributed by atoms with E-state index in [1.807, 2.05) is 0 Å². The van der Waals surface area contributed by atoms with Crippen molar-refractivity contribution in [1.82, 2.24) is 0 Å². The summed E-state index contributed by atoms with van der Waals surface area (Å²) in [6, 6.07) is 119. The molecule has 0 bridgehead atoms. The maximum atomic E-state index is 5.80. The molecule has 0 amide bonds. The van der Waals surface area contributed by atoms with Gasteiger partial charge in [0.05, 0.1) is 50.2 Å². The second-order valence-electron chi connectivity index (χ2n) is 26.9. The van der Waals surface area contributed by atoms with E-state index in [0.29, 0.717) is 0 Å². The van der Waals surface area contributed by atoms with Crippen LogP contribution in [0.5, 0.6) is 5.75 Å². The third-order valence-corrected chi connectivity index (χ3v) is 26.1. The van der Waals surface area contributed by atoms with E-state index in [2.05, 4.69) is 390 Å². The van der Waals surface area contributed by atoms with E-state index < -0.39 is 0 Å². The molecule has 0 atom stereocenters. The number of benzene rings is 12. The molecular formula is C92H98OS4+4. The second kappa shape index (κ2) is 35.9. The predicted octanol–water partition coefficient (Wildman–Crippen LogP) is 25.6. The summed E-state index contributed by atoms with van der Waals surface area (Å²) in [6.07, 6.45) is 9.18. The van der Waals surface area contributed by atoms with Crippen molar-refractivity contribution in [2.45, 2.75) is 183 Å². The van der Waals surface area contributed by atoms with Gasteiger partial charge in [-0.25, -0.2) is 0 Å². The maximum Gasteiger partial charge on any atom is 0.167 e. The molecule has 1 aliphatic rings. The minimum Gasteiger partial charge on any atom is -0.494 e. The van der Waals surface area contributed by atoms with E-state index in [-0.39, 0.29) is 54.4 Å².